The number of hydrogen-bond donors (Lipinski definition) is 0. The van der Waals surface area contributed by atoms with Gasteiger partial charge in [0, 0.05) is 22.5 Å². The molecule has 0 fully saturated rings. The average Bonchev–Trinajstić information content (AvgIpc) is 3.20. The SMILES string of the molecule is COC(=O)c1ccc(CCC(=O)c2cc3cc(Cl)ccc3n2-c2cccc(C(F)(F)F)c2)cc1. The number of hydrogen-bond acceptors (Lipinski definition) is 3. The van der Waals surface area contributed by atoms with Crippen LogP contribution in [0.15, 0.2) is 72.8 Å². The minimum atomic E-state index is -4.51. The molecule has 1 heterocycles. The second kappa shape index (κ2) is 9.35. The van der Waals surface area contributed by atoms with Crippen LogP contribution in [0.25, 0.3) is 16.6 Å². The number of carbonyl (C=O) groups excluding carboxylic acids is 2. The summed E-state index contributed by atoms with van der Waals surface area (Å²) in [6.07, 6.45) is -3.99. The normalized spacial score (nSPS) is 11.6. The van der Waals surface area contributed by atoms with Gasteiger partial charge in [-0.05, 0) is 66.6 Å². The third kappa shape index (κ3) is 4.84. The van der Waals surface area contributed by atoms with E-state index >= 15 is 0 Å². The lowest BCUT2D eigenvalue weighted by atomic mass is 10.0. The second-order valence-corrected chi connectivity index (χ2v) is 8.16. The van der Waals surface area contributed by atoms with Crippen molar-refractivity contribution in [3.8, 4) is 5.69 Å². The monoisotopic (exact) mass is 485 g/mol. The van der Waals surface area contributed by atoms with Crippen LogP contribution in [0.5, 0.6) is 0 Å². The van der Waals surface area contributed by atoms with Gasteiger partial charge >= 0.3 is 12.1 Å². The van der Waals surface area contributed by atoms with Gasteiger partial charge in [0.15, 0.2) is 5.78 Å². The molecule has 0 saturated carbocycles. The fourth-order valence-corrected chi connectivity index (χ4v) is 3.98. The summed E-state index contributed by atoms with van der Waals surface area (Å²) in [6, 6.07) is 18.2. The highest BCUT2D eigenvalue weighted by Gasteiger charge is 2.31. The summed E-state index contributed by atoms with van der Waals surface area (Å²) in [6.45, 7) is 0. The Hall–Kier alpha value is -3.58. The maximum absolute atomic E-state index is 13.3. The number of fused-ring (bicyclic) bond motifs is 1. The number of esters is 1. The molecular formula is C26H19ClF3NO3. The van der Waals surface area contributed by atoms with Crippen molar-refractivity contribution in [3.63, 3.8) is 0 Å². The number of carbonyl (C=O) groups is 2. The fourth-order valence-electron chi connectivity index (χ4n) is 3.80. The zero-order valence-corrected chi connectivity index (χ0v) is 18.8. The van der Waals surface area contributed by atoms with E-state index in [2.05, 4.69) is 4.74 Å². The summed E-state index contributed by atoms with van der Waals surface area (Å²) in [5, 5.41) is 1.11. The lowest BCUT2D eigenvalue weighted by Gasteiger charge is -2.13. The van der Waals surface area contributed by atoms with E-state index in [-0.39, 0.29) is 23.6 Å². The molecular weight excluding hydrogens is 467 g/mol. The molecule has 0 aliphatic rings. The van der Waals surface area contributed by atoms with E-state index in [9.17, 15) is 22.8 Å². The summed E-state index contributed by atoms with van der Waals surface area (Å²) in [5.74, 6) is -0.686. The van der Waals surface area contributed by atoms with Crippen molar-refractivity contribution in [3.05, 3.63) is 100 Å². The van der Waals surface area contributed by atoms with Crippen LogP contribution in [0.3, 0.4) is 0 Å². The van der Waals surface area contributed by atoms with Crippen LogP contribution in [0.1, 0.15) is 38.4 Å². The topological polar surface area (TPSA) is 48.3 Å². The Balaban J connectivity index is 1.68. The van der Waals surface area contributed by atoms with Gasteiger partial charge in [0.2, 0.25) is 0 Å². The minimum Gasteiger partial charge on any atom is -0.465 e. The molecule has 0 saturated heterocycles. The van der Waals surface area contributed by atoms with Crippen LogP contribution in [-0.4, -0.2) is 23.4 Å². The number of ether oxygens (including phenoxy) is 1. The van der Waals surface area contributed by atoms with E-state index < -0.39 is 17.7 Å². The largest absolute Gasteiger partial charge is 0.465 e. The van der Waals surface area contributed by atoms with E-state index in [1.54, 1.807) is 48.5 Å². The number of methoxy groups -OCH3 is 1. The first kappa shape index (κ1) is 23.6. The van der Waals surface area contributed by atoms with Gasteiger partial charge in [0.25, 0.3) is 0 Å². The van der Waals surface area contributed by atoms with Crippen molar-refractivity contribution in [2.45, 2.75) is 19.0 Å². The summed E-state index contributed by atoms with van der Waals surface area (Å²) in [4.78, 5) is 24.8. The highest BCUT2D eigenvalue weighted by Crippen LogP contribution is 2.33. The van der Waals surface area contributed by atoms with E-state index in [1.807, 2.05) is 0 Å². The van der Waals surface area contributed by atoms with Crippen molar-refractivity contribution < 1.29 is 27.5 Å². The number of aromatic nitrogens is 1. The van der Waals surface area contributed by atoms with Crippen molar-refractivity contribution in [2.75, 3.05) is 7.11 Å². The predicted octanol–water partition coefficient (Wildman–Crippen LogP) is 6.90. The third-order valence-corrected chi connectivity index (χ3v) is 5.73. The molecule has 4 aromatic rings. The first-order chi connectivity index (χ1) is 16.2. The maximum Gasteiger partial charge on any atom is 0.416 e. The van der Waals surface area contributed by atoms with Crippen molar-refractivity contribution >= 4 is 34.3 Å². The number of rotatable bonds is 6. The molecule has 34 heavy (non-hydrogen) atoms. The van der Waals surface area contributed by atoms with E-state index in [0.29, 0.717) is 27.9 Å². The predicted molar refractivity (Wildman–Crippen MR) is 124 cm³/mol. The van der Waals surface area contributed by atoms with E-state index in [4.69, 9.17) is 11.6 Å². The number of ketones is 1. The van der Waals surface area contributed by atoms with Gasteiger partial charge in [-0.15, -0.1) is 0 Å². The number of nitrogens with zero attached hydrogens (tertiary/aromatic N) is 1. The van der Waals surface area contributed by atoms with Crippen LogP contribution < -0.4 is 0 Å². The molecule has 0 spiro atoms. The first-order valence-corrected chi connectivity index (χ1v) is 10.7. The van der Waals surface area contributed by atoms with Gasteiger partial charge in [-0.25, -0.2) is 4.79 Å². The Morgan fingerprint density at radius 2 is 1.71 bits per heavy atom. The van der Waals surface area contributed by atoms with Gasteiger partial charge in [0.1, 0.15) is 0 Å². The lowest BCUT2D eigenvalue weighted by Crippen LogP contribution is -2.10. The number of halogens is 4. The summed E-state index contributed by atoms with van der Waals surface area (Å²) in [7, 11) is 1.30. The van der Waals surface area contributed by atoms with Crippen molar-refractivity contribution in [2.24, 2.45) is 0 Å². The summed E-state index contributed by atoms with van der Waals surface area (Å²) in [5.41, 5.74) is 1.52. The van der Waals surface area contributed by atoms with E-state index in [1.165, 1.54) is 23.8 Å². The molecule has 0 aliphatic heterocycles. The molecule has 4 nitrogen and oxygen atoms in total. The zero-order valence-electron chi connectivity index (χ0n) is 18.0. The second-order valence-electron chi connectivity index (χ2n) is 7.73. The molecule has 1 aromatic heterocycles. The Labute approximate surface area is 198 Å². The van der Waals surface area contributed by atoms with Crippen LogP contribution in [0, 0.1) is 0 Å². The molecule has 0 aliphatic carbocycles. The zero-order chi connectivity index (χ0) is 24.5. The number of benzene rings is 3. The number of aryl methyl sites for hydroxylation is 1. The van der Waals surface area contributed by atoms with Gasteiger partial charge in [-0.1, -0.05) is 29.8 Å². The van der Waals surface area contributed by atoms with Gasteiger partial charge in [0.05, 0.1) is 29.4 Å². The standard InChI is InChI=1S/C26H19ClF3NO3/c1-34-25(33)17-8-5-16(6-9-17)7-12-24(32)23-14-18-13-20(27)10-11-22(18)31(23)21-4-2-3-19(15-21)26(28,29)30/h2-6,8-11,13-15H,7,12H2,1H3. The quantitative estimate of drug-likeness (QED) is 0.220. The lowest BCUT2D eigenvalue weighted by molar-refractivity contribution is -0.137. The fraction of sp³-hybridized carbons (Fsp3) is 0.154. The molecule has 8 heteroatoms. The molecule has 0 bridgehead atoms. The van der Waals surface area contributed by atoms with Crippen LogP contribution >= 0.6 is 11.6 Å². The first-order valence-electron chi connectivity index (χ1n) is 10.4. The Morgan fingerprint density at radius 1 is 0.971 bits per heavy atom. The molecule has 0 amide bonds. The molecule has 4 rings (SSSR count). The maximum atomic E-state index is 13.3. The van der Waals surface area contributed by atoms with Gasteiger partial charge < -0.3 is 9.30 Å². The van der Waals surface area contributed by atoms with Crippen LogP contribution in [-0.2, 0) is 17.3 Å². The summed E-state index contributed by atoms with van der Waals surface area (Å²) < 4.78 is 46.2. The van der Waals surface area contributed by atoms with Crippen LogP contribution in [0.4, 0.5) is 13.2 Å². The molecule has 0 atom stereocenters. The third-order valence-electron chi connectivity index (χ3n) is 5.50. The highest BCUT2D eigenvalue weighted by atomic mass is 35.5. The minimum absolute atomic E-state index is 0.126. The molecule has 0 radical (unpaired) electrons. The van der Waals surface area contributed by atoms with Gasteiger partial charge in [-0.2, -0.15) is 13.2 Å². The molecule has 3 aromatic carbocycles. The van der Waals surface area contributed by atoms with E-state index in [0.717, 1.165) is 17.7 Å². The smallest absolute Gasteiger partial charge is 0.416 e. The van der Waals surface area contributed by atoms with Crippen molar-refractivity contribution in [1.29, 1.82) is 0 Å². The average molecular weight is 486 g/mol. The number of alkyl halides is 3. The molecule has 0 unspecified atom stereocenters. The van der Waals surface area contributed by atoms with Crippen LogP contribution in [0.2, 0.25) is 5.02 Å². The Bertz CT molecular complexity index is 1370. The number of Topliss-reactive ketones (excluding diaryl/α,β-unsaturated/α-hetero) is 1. The Morgan fingerprint density at radius 3 is 2.38 bits per heavy atom. The molecule has 174 valence electrons. The Kier molecular flexibility index (Phi) is 6.48. The van der Waals surface area contributed by atoms with Gasteiger partial charge in [-0.3, -0.25) is 4.79 Å². The summed E-state index contributed by atoms with van der Waals surface area (Å²) >= 11 is 6.10. The van der Waals surface area contributed by atoms with Crippen molar-refractivity contribution in [1.82, 2.24) is 4.57 Å². The molecule has 0 N–H and O–H groups in total. The highest BCUT2D eigenvalue weighted by molar-refractivity contribution is 6.31.